The van der Waals surface area contributed by atoms with Crippen LogP contribution >= 0.6 is 23.4 Å². The topological polar surface area (TPSA) is 95.4 Å². The number of hydrogen-bond donors (Lipinski definition) is 0. The standard InChI is InChI=1S/C18H13ClFN7OS/c19-10-1-4-13(20)12(7-10)17-23-15(26-28-17)8-29-18-25-24-16(27(18)11-2-3-11)14-5-6-21-9-22-14/h1,4-7,9,11H,2-3,8H2. The Morgan fingerprint density at radius 2 is 2.14 bits per heavy atom. The van der Waals surface area contributed by atoms with Crippen LogP contribution in [0.1, 0.15) is 24.7 Å². The molecule has 1 fully saturated rings. The molecule has 3 aromatic heterocycles. The van der Waals surface area contributed by atoms with Gasteiger partial charge in [0.15, 0.2) is 16.8 Å². The molecular weight excluding hydrogens is 417 g/mol. The molecule has 0 bridgehead atoms. The number of hydrogen-bond acceptors (Lipinski definition) is 8. The fourth-order valence-electron chi connectivity index (χ4n) is 2.85. The summed E-state index contributed by atoms with van der Waals surface area (Å²) in [6.07, 6.45) is 5.31. The second-order valence-corrected chi connectivity index (χ2v) is 7.81. The summed E-state index contributed by atoms with van der Waals surface area (Å²) in [5.74, 6) is 1.16. The predicted octanol–water partition coefficient (Wildman–Crippen LogP) is 4.20. The van der Waals surface area contributed by atoms with Gasteiger partial charge in [0, 0.05) is 17.3 Å². The van der Waals surface area contributed by atoms with E-state index in [2.05, 4.69) is 34.9 Å². The minimum absolute atomic E-state index is 0.0888. The van der Waals surface area contributed by atoms with Crippen LogP contribution in [0.2, 0.25) is 5.02 Å². The average molecular weight is 430 g/mol. The zero-order valence-electron chi connectivity index (χ0n) is 14.9. The highest BCUT2D eigenvalue weighted by Gasteiger charge is 2.30. The van der Waals surface area contributed by atoms with Crippen molar-refractivity contribution in [3.05, 3.63) is 53.5 Å². The van der Waals surface area contributed by atoms with Crippen molar-refractivity contribution in [3.63, 3.8) is 0 Å². The van der Waals surface area contributed by atoms with Crippen LogP contribution in [0.3, 0.4) is 0 Å². The molecule has 0 unspecified atom stereocenters. The van der Waals surface area contributed by atoms with Crippen LogP contribution in [0.15, 0.2) is 46.5 Å². The van der Waals surface area contributed by atoms with Crippen molar-refractivity contribution < 1.29 is 8.91 Å². The molecule has 3 heterocycles. The molecule has 11 heteroatoms. The van der Waals surface area contributed by atoms with Crippen LogP contribution in [-0.2, 0) is 5.75 Å². The highest BCUT2D eigenvalue weighted by molar-refractivity contribution is 7.98. The van der Waals surface area contributed by atoms with Gasteiger partial charge in [-0.15, -0.1) is 10.2 Å². The summed E-state index contributed by atoms with van der Waals surface area (Å²) < 4.78 is 21.3. The Morgan fingerprint density at radius 1 is 1.24 bits per heavy atom. The summed E-state index contributed by atoms with van der Waals surface area (Å²) in [5.41, 5.74) is 0.901. The van der Waals surface area contributed by atoms with Crippen molar-refractivity contribution in [2.24, 2.45) is 0 Å². The lowest BCUT2D eigenvalue weighted by molar-refractivity contribution is 0.422. The second kappa shape index (κ2) is 7.53. The number of aromatic nitrogens is 7. The Hall–Kier alpha value is -2.85. The van der Waals surface area contributed by atoms with Crippen molar-refractivity contribution in [1.29, 1.82) is 0 Å². The van der Waals surface area contributed by atoms with Crippen molar-refractivity contribution in [1.82, 2.24) is 34.9 Å². The number of halogens is 2. The molecule has 8 nitrogen and oxygen atoms in total. The van der Waals surface area contributed by atoms with Gasteiger partial charge in [-0.25, -0.2) is 14.4 Å². The normalized spacial score (nSPS) is 13.7. The first-order valence-corrected chi connectivity index (χ1v) is 10.2. The lowest BCUT2D eigenvalue weighted by atomic mass is 10.2. The number of thioether (sulfide) groups is 1. The van der Waals surface area contributed by atoms with Gasteiger partial charge in [0.05, 0.1) is 11.3 Å². The van der Waals surface area contributed by atoms with E-state index in [4.69, 9.17) is 16.1 Å². The highest BCUT2D eigenvalue weighted by Crippen LogP contribution is 2.41. The minimum Gasteiger partial charge on any atom is -0.334 e. The minimum atomic E-state index is -0.472. The molecule has 0 aliphatic heterocycles. The van der Waals surface area contributed by atoms with E-state index in [0.717, 1.165) is 23.7 Å². The fourth-order valence-corrected chi connectivity index (χ4v) is 3.87. The van der Waals surface area contributed by atoms with Crippen LogP contribution in [-0.4, -0.2) is 34.9 Å². The van der Waals surface area contributed by atoms with E-state index in [-0.39, 0.29) is 11.5 Å². The van der Waals surface area contributed by atoms with Crippen LogP contribution in [0, 0.1) is 5.82 Å². The third-order valence-electron chi connectivity index (χ3n) is 4.34. The fraction of sp³-hybridized carbons (Fsp3) is 0.222. The Balaban J connectivity index is 1.37. The van der Waals surface area contributed by atoms with Crippen molar-refractivity contribution in [2.75, 3.05) is 0 Å². The first-order valence-electron chi connectivity index (χ1n) is 8.81. The number of nitrogens with zero attached hydrogens (tertiary/aromatic N) is 7. The molecule has 0 radical (unpaired) electrons. The molecule has 1 aromatic carbocycles. The van der Waals surface area contributed by atoms with E-state index in [0.29, 0.717) is 28.5 Å². The van der Waals surface area contributed by atoms with Gasteiger partial charge in [-0.1, -0.05) is 28.5 Å². The quantitative estimate of drug-likeness (QED) is 0.421. The van der Waals surface area contributed by atoms with Gasteiger partial charge in [-0.05, 0) is 37.1 Å². The molecule has 1 aliphatic carbocycles. The SMILES string of the molecule is Fc1ccc(Cl)cc1-c1nc(CSc2nnc(-c3ccncn3)n2C2CC2)no1. The molecule has 1 saturated carbocycles. The van der Waals surface area contributed by atoms with E-state index in [9.17, 15) is 4.39 Å². The van der Waals surface area contributed by atoms with Crippen molar-refractivity contribution >= 4 is 23.4 Å². The predicted molar refractivity (Wildman–Crippen MR) is 104 cm³/mol. The average Bonchev–Trinajstić information content (AvgIpc) is 3.31. The zero-order chi connectivity index (χ0) is 19.8. The Morgan fingerprint density at radius 3 is 2.93 bits per heavy atom. The smallest absolute Gasteiger partial charge is 0.260 e. The molecule has 0 spiro atoms. The maximum Gasteiger partial charge on any atom is 0.260 e. The van der Waals surface area contributed by atoms with Crippen molar-refractivity contribution in [2.45, 2.75) is 29.8 Å². The molecule has 0 saturated heterocycles. The Labute approximate surface area is 173 Å². The van der Waals surface area contributed by atoms with Gasteiger partial charge in [-0.3, -0.25) is 4.57 Å². The molecule has 4 aromatic rings. The van der Waals surface area contributed by atoms with E-state index < -0.39 is 5.82 Å². The summed E-state index contributed by atoms with van der Waals surface area (Å²) in [6.45, 7) is 0. The molecule has 5 rings (SSSR count). The molecule has 0 N–H and O–H groups in total. The summed E-state index contributed by atoms with van der Waals surface area (Å²) in [4.78, 5) is 12.5. The zero-order valence-corrected chi connectivity index (χ0v) is 16.4. The number of benzene rings is 1. The van der Waals surface area contributed by atoms with E-state index in [1.54, 1.807) is 6.20 Å². The second-order valence-electron chi connectivity index (χ2n) is 6.43. The molecule has 29 heavy (non-hydrogen) atoms. The highest BCUT2D eigenvalue weighted by atomic mass is 35.5. The van der Waals surface area contributed by atoms with E-state index >= 15 is 0 Å². The molecule has 0 amide bonds. The van der Waals surface area contributed by atoms with Crippen LogP contribution in [0.25, 0.3) is 23.0 Å². The van der Waals surface area contributed by atoms with Gasteiger partial charge in [0.25, 0.3) is 5.89 Å². The lowest BCUT2D eigenvalue weighted by Crippen LogP contribution is -2.01. The van der Waals surface area contributed by atoms with Gasteiger partial charge in [-0.2, -0.15) is 4.98 Å². The van der Waals surface area contributed by atoms with Crippen LogP contribution < -0.4 is 0 Å². The molecular formula is C18H13ClFN7OS. The van der Waals surface area contributed by atoms with E-state index in [1.165, 1.54) is 36.3 Å². The first kappa shape index (κ1) is 18.2. The maximum absolute atomic E-state index is 14.0. The lowest BCUT2D eigenvalue weighted by Gasteiger charge is -2.07. The molecule has 1 aliphatic rings. The molecule has 0 atom stereocenters. The van der Waals surface area contributed by atoms with Gasteiger partial charge < -0.3 is 4.52 Å². The Bertz CT molecular complexity index is 1160. The van der Waals surface area contributed by atoms with Gasteiger partial charge in [0.1, 0.15) is 17.8 Å². The summed E-state index contributed by atoms with van der Waals surface area (Å²) in [6, 6.07) is 6.36. The van der Waals surface area contributed by atoms with E-state index in [1.807, 2.05) is 6.07 Å². The third kappa shape index (κ3) is 3.73. The van der Waals surface area contributed by atoms with Gasteiger partial charge in [0.2, 0.25) is 0 Å². The largest absolute Gasteiger partial charge is 0.334 e. The summed E-state index contributed by atoms with van der Waals surface area (Å²) in [5, 5.41) is 13.7. The summed E-state index contributed by atoms with van der Waals surface area (Å²) in [7, 11) is 0. The first-order chi connectivity index (χ1) is 14.2. The Kier molecular flexibility index (Phi) is 4.72. The third-order valence-corrected chi connectivity index (χ3v) is 5.52. The van der Waals surface area contributed by atoms with Crippen LogP contribution in [0.4, 0.5) is 4.39 Å². The van der Waals surface area contributed by atoms with Gasteiger partial charge >= 0.3 is 0 Å². The monoisotopic (exact) mass is 429 g/mol. The van der Waals surface area contributed by atoms with Crippen molar-refractivity contribution in [3.8, 4) is 23.0 Å². The van der Waals surface area contributed by atoms with Crippen LogP contribution in [0.5, 0.6) is 0 Å². The summed E-state index contributed by atoms with van der Waals surface area (Å²) >= 11 is 7.37. The number of rotatable bonds is 6. The molecule has 146 valence electrons. The maximum atomic E-state index is 14.0.